The first-order valence-electron chi connectivity index (χ1n) is 19.9. The molecule has 0 amide bonds. The molecule has 324 valence electrons. The number of methoxy groups -OCH3 is 2. The van der Waals surface area contributed by atoms with E-state index in [-0.39, 0.29) is 67.7 Å². The van der Waals surface area contributed by atoms with Gasteiger partial charge < -0.3 is 28.7 Å². The van der Waals surface area contributed by atoms with E-state index in [4.69, 9.17) is 18.9 Å². The van der Waals surface area contributed by atoms with E-state index in [1.807, 2.05) is 29.2 Å². The maximum atomic E-state index is 17.4. The van der Waals surface area contributed by atoms with Gasteiger partial charge >= 0.3 is 12.2 Å². The highest BCUT2D eigenvalue weighted by Crippen LogP contribution is 2.46. The van der Waals surface area contributed by atoms with Crippen LogP contribution in [0.2, 0.25) is 0 Å². The maximum absolute atomic E-state index is 17.4. The summed E-state index contributed by atoms with van der Waals surface area (Å²) in [5.41, 5.74) is -2.84. The minimum atomic E-state index is -5.03. The zero-order valence-electron chi connectivity index (χ0n) is 33.9. The van der Waals surface area contributed by atoms with Crippen molar-refractivity contribution in [3.05, 3.63) is 82.7 Å². The second-order valence-electron chi connectivity index (χ2n) is 15.8. The Morgan fingerprint density at radius 1 is 0.934 bits per heavy atom. The van der Waals surface area contributed by atoms with Gasteiger partial charge in [-0.25, -0.2) is 27.5 Å². The van der Waals surface area contributed by atoms with E-state index in [0.717, 1.165) is 17.5 Å². The van der Waals surface area contributed by atoms with Gasteiger partial charge in [-0.15, -0.1) is 0 Å². The van der Waals surface area contributed by atoms with Crippen LogP contribution in [-0.4, -0.2) is 96.1 Å². The molecule has 3 aliphatic heterocycles. The van der Waals surface area contributed by atoms with E-state index in [0.29, 0.717) is 24.5 Å². The lowest BCUT2D eigenvalue weighted by atomic mass is 9.95. The zero-order valence-corrected chi connectivity index (χ0v) is 33.9. The van der Waals surface area contributed by atoms with E-state index in [9.17, 15) is 13.2 Å². The number of anilines is 2. The molecule has 2 aromatic carbocycles. The Morgan fingerprint density at radius 2 is 1.59 bits per heavy atom. The monoisotopic (exact) mass is 855 g/mol. The number of rotatable bonds is 13. The zero-order chi connectivity index (χ0) is 43.2. The number of fused-ring (bicyclic) bond motifs is 1. The summed E-state index contributed by atoms with van der Waals surface area (Å²) >= 11 is 0. The van der Waals surface area contributed by atoms with Crippen LogP contribution in [0.25, 0.3) is 22.3 Å². The number of aryl methyl sites for hydroxylation is 1. The molecule has 0 saturated carbocycles. The van der Waals surface area contributed by atoms with Crippen molar-refractivity contribution in [3.63, 3.8) is 0 Å². The van der Waals surface area contributed by atoms with Gasteiger partial charge in [0.1, 0.15) is 64.8 Å². The van der Waals surface area contributed by atoms with E-state index in [2.05, 4.69) is 19.9 Å². The van der Waals surface area contributed by atoms with Crippen LogP contribution in [0.3, 0.4) is 0 Å². The van der Waals surface area contributed by atoms with Gasteiger partial charge in [-0.1, -0.05) is 24.3 Å². The smallest absolute Gasteiger partial charge is 0.418 e. The molecular weight excluding hydrogens is 812 g/mol. The largest absolute Gasteiger partial charge is 0.497 e. The van der Waals surface area contributed by atoms with Crippen LogP contribution in [0, 0.1) is 12.7 Å². The average molecular weight is 856 g/mol. The number of hydrogen-bond acceptors (Lipinski definition) is 11. The summed E-state index contributed by atoms with van der Waals surface area (Å²) < 4.78 is 129. The number of halogens is 7. The predicted octanol–water partition coefficient (Wildman–Crippen LogP) is 8.58. The number of pyridine rings is 2. The Labute approximate surface area is 347 Å². The fourth-order valence-electron chi connectivity index (χ4n) is 8.67. The molecule has 0 bridgehead atoms. The average Bonchev–Trinajstić information content (AvgIpc) is 3.72. The van der Waals surface area contributed by atoms with Gasteiger partial charge in [-0.05, 0) is 80.3 Å². The van der Waals surface area contributed by atoms with Crippen LogP contribution in [0.5, 0.6) is 23.4 Å². The van der Waals surface area contributed by atoms with Crippen molar-refractivity contribution in [3.8, 4) is 34.8 Å². The van der Waals surface area contributed by atoms with Crippen LogP contribution >= 0.6 is 0 Å². The van der Waals surface area contributed by atoms with Crippen molar-refractivity contribution in [2.24, 2.45) is 0 Å². The third-order valence-electron chi connectivity index (χ3n) is 11.6. The Balaban J connectivity index is 1.29. The minimum Gasteiger partial charge on any atom is -0.497 e. The summed E-state index contributed by atoms with van der Waals surface area (Å²) in [6, 6.07) is 14.4. The molecule has 0 aliphatic carbocycles. The van der Waals surface area contributed by atoms with Crippen molar-refractivity contribution < 1.29 is 49.7 Å². The van der Waals surface area contributed by atoms with Gasteiger partial charge in [0.2, 0.25) is 5.88 Å². The van der Waals surface area contributed by atoms with Gasteiger partial charge in [0.15, 0.2) is 5.82 Å². The molecule has 3 aliphatic rings. The molecule has 5 aromatic rings. The molecule has 2 fully saturated rings. The molecule has 18 heteroatoms. The summed E-state index contributed by atoms with van der Waals surface area (Å²) in [5.74, 6) is -0.579. The van der Waals surface area contributed by atoms with E-state index in [1.54, 1.807) is 36.1 Å². The summed E-state index contributed by atoms with van der Waals surface area (Å²) in [6.45, 7) is 2.91. The molecule has 0 N–H and O–H groups in total. The highest BCUT2D eigenvalue weighted by Gasteiger charge is 2.49. The second-order valence-corrected chi connectivity index (χ2v) is 15.8. The summed E-state index contributed by atoms with van der Waals surface area (Å²) in [5, 5.41) is -0.217. The van der Waals surface area contributed by atoms with Crippen LogP contribution < -0.4 is 28.7 Å². The van der Waals surface area contributed by atoms with Gasteiger partial charge in [0, 0.05) is 26.1 Å². The molecular formula is C43H44F7N7O4. The Kier molecular flexibility index (Phi) is 11.5. The van der Waals surface area contributed by atoms with Crippen molar-refractivity contribution >= 4 is 22.5 Å². The number of alkyl halides is 6. The maximum Gasteiger partial charge on any atom is 0.418 e. The molecule has 3 aromatic heterocycles. The fourth-order valence-corrected chi connectivity index (χ4v) is 8.67. The lowest BCUT2D eigenvalue weighted by Gasteiger charge is -2.31. The molecule has 8 rings (SSSR count). The topological polar surface area (TPSA) is 98.2 Å². The first kappa shape index (κ1) is 42.1. The van der Waals surface area contributed by atoms with Crippen molar-refractivity contribution in [2.45, 2.75) is 76.6 Å². The SMILES string of the molecule is COc1ccc(CN(Cc2ccc(OC)cc2)c2cc(C)c(C(F)(F)F)c(-c3nc4c5c(nc(OC[C@@]67CCCN6C[C@H](F)C7)nc5c3F)N(CC(F)F)[C@@H](C)CO4)n2)cc1. The molecule has 0 spiro atoms. The third kappa shape index (κ3) is 8.38. The summed E-state index contributed by atoms with van der Waals surface area (Å²) in [4.78, 5) is 22.6. The molecule has 3 atom stereocenters. The lowest BCUT2D eigenvalue weighted by molar-refractivity contribution is -0.137. The lowest BCUT2D eigenvalue weighted by Crippen LogP contribution is -2.43. The van der Waals surface area contributed by atoms with Crippen LogP contribution in [0.1, 0.15) is 48.4 Å². The molecule has 6 heterocycles. The van der Waals surface area contributed by atoms with Gasteiger partial charge in [-0.3, -0.25) is 4.90 Å². The normalized spacial score (nSPS) is 20.2. The number of ether oxygens (including phenoxy) is 4. The van der Waals surface area contributed by atoms with E-state index < -0.39 is 71.2 Å². The van der Waals surface area contributed by atoms with Gasteiger partial charge in [0.25, 0.3) is 6.43 Å². The molecule has 2 saturated heterocycles. The van der Waals surface area contributed by atoms with Gasteiger partial charge in [-0.2, -0.15) is 23.1 Å². The Hall–Kier alpha value is -5.65. The first-order chi connectivity index (χ1) is 29.2. The highest BCUT2D eigenvalue weighted by molar-refractivity contribution is 5.97. The van der Waals surface area contributed by atoms with Gasteiger partial charge in [0.05, 0.1) is 37.9 Å². The van der Waals surface area contributed by atoms with Crippen LogP contribution in [-0.2, 0) is 19.3 Å². The quantitative estimate of drug-likeness (QED) is 0.107. The Morgan fingerprint density at radius 3 is 2.20 bits per heavy atom. The number of benzene rings is 2. The third-order valence-corrected chi connectivity index (χ3v) is 11.6. The second kappa shape index (κ2) is 16.7. The van der Waals surface area contributed by atoms with Crippen molar-refractivity contribution in [2.75, 3.05) is 56.9 Å². The summed E-state index contributed by atoms with van der Waals surface area (Å²) in [7, 11) is 3.06. The fraction of sp³-hybridized carbons (Fsp3) is 0.442. The van der Waals surface area contributed by atoms with E-state index in [1.165, 1.54) is 32.1 Å². The number of nitrogens with zero attached hydrogens (tertiary/aromatic N) is 7. The molecule has 61 heavy (non-hydrogen) atoms. The van der Waals surface area contributed by atoms with Crippen molar-refractivity contribution in [1.29, 1.82) is 0 Å². The molecule has 0 unspecified atom stereocenters. The van der Waals surface area contributed by atoms with Crippen LogP contribution in [0.4, 0.5) is 42.4 Å². The molecule has 11 nitrogen and oxygen atoms in total. The predicted molar refractivity (Wildman–Crippen MR) is 213 cm³/mol. The number of aromatic nitrogens is 4. The number of hydrogen-bond donors (Lipinski definition) is 0. The van der Waals surface area contributed by atoms with Crippen LogP contribution in [0.15, 0.2) is 54.6 Å². The standard InChI is InChI=1S/C43H44F7N7O4/c1-24-16-32(55(18-26-6-10-29(58-3)11-7-26)19-27-8-12-30(59-4)13-9-27)51-37(34(24)43(48,49)50)38-35(47)36-33-39(57(21-31(45)46)25(2)22-60-40(33)52-38)54-41(53-36)61-23-42-14-5-15-56(42)20-28(44)17-42/h6-13,16,25,28,31H,5,14-15,17-23H2,1-4H3/t25-,28+,42-/m0/s1. The highest BCUT2D eigenvalue weighted by atomic mass is 19.4. The summed E-state index contributed by atoms with van der Waals surface area (Å²) in [6.07, 6.45) is -7.36. The molecule has 0 radical (unpaired) electrons. The first-order valence-corrected chi connectivity index (χ1v) is 19.9. The minimum absolute atomic E-state index is 0.0763. The Bertz CT molecular complexity index is 2340. The van der Waals surface area contributed by atoms with E-state index >= 15 is 17.6 Å². The van der Waals surface area contributed by atoms with Crippen molar-refractivity contribution in [1.82, 2.24) is 24.8 Å².